The SMILES string of the molecule is COCc1cn(CC2CC(NC(=O)c3cncnc3)C(O)C2O)nn1. The Morgan fingerprint density at radius 2 is 2.12 bits per heavy atom. The van der Waals surface area contributed by atoms with Crippen LogP contribution in [-0.4, -0.2) is 66.4 Å². The number of rotatable bonds is 6. The maximum atomic E-state index is 12.2. The summed E-state index contributed by atoms with van der Waals surface area (Å²) >= 11 is 0. The molecule has 134 valence electrons. The minimum Gasteiger partial charge on any atom is -0.390 e. The Morgan fingerprint density at radius 3 is 2.84 bits per heavy atom. The topological polar surface area (TPSA) is 135 Å². The van der Waals surface area contributed by atoms with Crippen LogP contribution in [0, 0.1) is 5.92 Å². The highest BCUT2D eigenvalue weighted by Gasteiger charge is 2.42. The van der Waals surface area contributed by atoms with Gasteiger partial charge in [-0.3, -0.25) is 9.48 Å². The molecule has 0 aromatic carbocycles. The average Bonchev–Trinajstić information content (AvgIpc) is 3.16. The summed E-state index contributed by atoms with van der Waals surface area (Å²) < 4.78 is 6.59. The molecule has 0 spiro atoms. The van der Waals surface area contributed by atoms with Crippen LogP contribution < -0.4 is 5.32 Å². The molecule has 2 aromatic rings. The van der Waals surface area contributed by atoms with Crippen molar-refractivity contribution in [1.29, 1.82) is 0 Å². The third kappa shape index (κ3) is 3.98. The first-order valence-electron chi connectivity index (χ1n) is 7.88. The van der Waals surface area contributed by atoms with E-state index in [9.17, 15) is 15.0 Å². The molecule has 0 aliphatic heterocycles. The van der Waals surface area contributed by atoms with Gasteiger partial charge < -0.3 is 20.3 Å². The van der Waals surface area contributed by atoms with Gasteiger partial charge in [-0.15, -0.1) is 5.10 Å². The van der Waals surface area contributed by atoms with E-state index in [1.807, 2.05) is 0 Å². The fraction of sp³-hybridized carbons (Fsp3) is 0.533. The molecule has 1 aliphatic rings. The van der Waals surface area contributed by atoms with E-state index in [1.165, 1.54) is 18.7 Å². The number of hydrogen-bond acceptors (Lipinski definition) is 8. The van der Waals surface area contributed by atoms with Crippen LogP contribution in [0.2, 0.25) is 0 Å². The van der Waals surface area contributed by atoms with Crippen molar-refractivity contribution in [2.24, 2.45) is 5.92 Å². The number of aromatic nitrogens is 5. The molecule has 1 fully saturated rings. The predicted molar refractivity (Wildman–Crippen MR) is 84.1 cm³/mol. The van der Waals surface area contributed by atoms with Gasteiger partial charge in [0, 0.05) is 32.0 Å². The second kappa shape index (κ2) is 7.64. The van der Waals surface area contributed by atoms with Gasteiger partial charge in [0.15, 0.2) is 0 Å². The van der Waals surface area contributed by atoms with Crippen LogP contribution in [0.4, 0.5) is 0 Å². The molecule has 4 atom stereocenters. The van der Waals surface area contributed by atoms with Gasteiger partial charge in [0.1, 0.15) is 18.1 Å². The third-order valence-corrected chi connectivity index (χ3v) is 4.24. The van der Waals surface area contributed by atoms with Gasteiger partial charge in [0.2, 0.25) is 0 Å². The van der Waals surface area contributed by atoms with E-state index in [1.54, 1.807) is 18.0 Å². The molecule has 3 rings (SSSR count). The Balaban J connectivity index is 1.61. The van der Waals surface area contributed by atoms with E-state index in [-0.39, 0.29) is 11.8 Å². The summed E-state index contributed by atoms with van der Waals surface area (Å²) in [5.41, 5.74) is 0.984. The number of ether oxygens (including phenoxy) is 1. The smallest absolute Gasteiger partial charge is 0.254 e. The standard InChI is InChI=1S/C15H20N6O4/c1-25-7-11-6-21(20-19-11)5-9-2-12(14(23)13(9)22)18-15(24)10-3-16-8-17-4-10/h3-4,6,8-9,12-14,22-23H,2,5,7H2,1H3,(H,18,24). The van der Waals surface area contributed by atoms with E-state index in [0.29, 0.717) is 30.8 Å². The second-order valence-electron chi connectivity index (χ2n) is 6.05. The lowest BCUT2D eigenvalue weighted by atomic mass is 10.1. The highest BCUT2D eigenvalue weighted by molar-refractivity contribution is 5.93. The number of carbonyl (C=O) groups is 1. The minimum absolute atomic E-state index is 0.260. The van der Waals surface area contributed by atoms with Crippen molar-refractivity contribution in [2.75, 3.05) is 7.11 Å². The number of nitrogens with one attached hydrogen (secondary N) is 1. The van der Waals surface area contributed by atoms with Crippen LogP contribution in [0.1, 0.15) is 22.5 Å². The number of nitrogens with zero attached hydrogens (tertiary/aromatic N) is 5. The zero-order valence-electron chi connectivity index (χ0n) is 13.7. The molecule has 10 nitrogen and oxygen atoms in total. The summed E-state index contributed by atoms with van der Waals surface area (Å²) in [5, 5.41) is 31.2. The van der Waals surface area contributed by atoms with Crippen LogP contribution in [-0.2, 0) is 17.9 Å². The molecule has 10 heteroatoms. The van der Waals surface area contributed by atoms with E-state index >= 15 is 0 Å². The van der Waals surface area contributed by atoms with Gasteiger partial charge in [-0.05, 0) is 6.42 Å². The highest BCUT2D eigenvalue weighted by Crippen LogP contribution is 2.28. The Labute approximate surface area is 143 Å². The molecule has 1 amide bonds. The van der Waals surface area contributed by atoms with Gasteiger partial charge >= 0.3 is 0 Å². The van der Waals surface area contributed by atoms with E-state index in [2.05, 4.69) is 25.6 Å². The molecule has 3 N–H and O–H groups in total. The summed E-state index contributed by atoms with van der Waals surface area (Å²) in [4.78, 5) is 19.7. The van der Waals surface area contributed by atoms with Gasteiger partial charge in [0.05, 0.1) is 30.5 Å². The number of aliphatic hydroxyl groups excluding tert-OH is 2. The summed E-state index contributed by atoms with van der Waals surface area (Å²) in [5.74, 6) is -0.648. The fourth-order valence-electron chi connectivity index (χ4n) is 3.00. The molecule has 2 aromatic heterocycles. The molecular formula is C15H20N6O4. The molecule has 2 heterocycles. The molecule has 4 unspecified atom stereocenters. The van der Waals surface area contributed by atoms with Crippen molar-refractivity contribution in [3.8, 4) is 0 Å². The van der Waals surface area contributed by atoms with Crippen molar-refractivity contribution < 1.29 is 19.7 Å². The van der Waals surface area contributed by atoms with Crippen molar-refractivity contribution in [1.82, 2.24) is 30.3 Å². The summed E-state index contributed by atoms with van der Waals surface area (Å²) in [6.07, 6.45) is 4.25. The van der Waals surface area contributed by atoms with Gasteiger partial charge in [-0.25, -0.2) is 9.97 Å². The lowest BCUT2D eigenvalue weighted by molar-refractivity contribution is 0.00761. The normalized spacial score (nSPS) is 25.9. The maximum Gasteiger partial charge on any atom is 0.254 e. The maximum absolute atomic E-state index is 12.2. The van der Waals surface area contributed by atoms with Crippen LogP contribution >= 0.6 is 0 Å². The minimum atomic E-state index is -1.06. The first-order valence-corrected chi connectivity index (χ1v) is 7.88. The largest absolute Gasteiger partial charge is 0.390 e. The van der Waals surface area contributed by atoms with Gasteiger partial charge in [0.25, 0.3) is 5.91 Å². The number of hydrogen-bond donors (Lipinski definition) is 3. The average molecular weight is 348 g/mol. The molecule has 0 bridgehead atoms. The Hall–Kier alpha value is -2.43. The molecule has 0 radical (unpaired) electrons. The molecule has 1 aliphatic carbocycles. The first-order chi connectivity index (χ1) is 12.1. The van der Waals surface area contributed by atoms with Crippen LogP contribution in [0.5, 0.6) is 0 Å². The summed E-state index contributed by atoms with van der Waals surface area (Å²) in [7, 11) is 1.57. The van der Waals surface area contributed by atoms with Crippen LogP contribution in [0.3, 0.4) is 0 Å². The molecule has 25 heavy (non-hydrogen) atoms. The van der Waals surface area contributed by atoms with E-state index < -0.39 is 18.2 Å². The van der Waals surface area contributed by atoms with Crippen molar-refractivity contribution in [3.05, 3.63) is 36.2 Å². The van der Waals surface area contributed by atoms with Crippen LogP contribution in [0.15, 0.2) is 24.9 Å². The Morgan fingerprint density at radius 1 is 1.36 bits per heavy atom. The number of amides is 1. The van der Waals surface area contributed by atoms with Crippen molar-refractivity contribution in [3.63, 3.8) is 0 Å². The van der Waals surface area contributed by atoms with Crippen LogP contribution in [0.25, 0.3) is 0 Å². The zero-order valence-corrected chi connectivity index (χ0v) is 13.7. The van der Waals surface area contributed by atoms with Crippen molar-refractivity contribution in [2.45, 2.75) is 37.8 Å². The summed E-state index contributed by atoms with van der Waals surface area (Å²) in [6.45, 7) is 0.740. The number of methoxy groups -OCH3 is 1. The quantitative estimate of drug-likeness (QED) is 0.589. The van der Waals surface area contributed by atoms with Gasteiger partial charge in [-0.1, -0.05) is 5.21 Å². The third-order valence-electron chi connectivity index (χ3n) is 4.24. The second-order valence-corrected chi connectivity index (χ2v) is 6.05. The van der Waals surface area contributed by atoms with Gasteiger partial charge in [-0.2, -0.15) is 0 Å². The molecular weight excluding hydrogens is 328 g/mol. The van der Waals surface area contributed by atoms with E-state index in [4.69, 9.17) is 4.74 Å². The first kappa shape index (κ1) is 17.4. The van der Waals surface area contributed by atoms with E-state index in [0.717, 1.165) is 0 Å². The number of aliphatic hydroxyl groups is 2. The highest BCUT2D eigenvalue weighted by atomic mass is 16.5. The summed E-state index contributed by atoms with van der Waals surface area (Å²) in [6, 6.07) is -0.560. The number of carbonyl (C=O) groups excluding carboxylic acids is 1. The lowest BCUT2D eigenvalue weighted by Crippen LogP contribution is -2.43. The Kier molecular flexibility index (Phi) is 5.31. The zero-order chi connectivity index (χ0) is 17.8. The predicted octanol–water partition coefficient (Wildman–Crippen LogP) is -1.25. The molecule has 0 saturated heterocycles. The Bertz CT molecular complexity index is 709. The van der Waals surface area contributed by atoms with Crippen molar-refractivity contribution >= 4 is 5.91 Å². The molecule has 1 saturated carbocycles. The fourth-order valence-corrected chi connectivity index (χ4v) is 3.00. The lowest BCUT2D eigenvalue weighted by Gasteiger charge is -2.18. The monoisotopic (exact) mass is 348 g/mol.